The largest absolute Gasteiger partial charge is 0.456 e. The Morgan fingerprint density at radius 2 is 1.26 bits per heavy atom. The van der Waals surface area contributed by atoms with Crippen molar-refractivity contribution in [2.45, 2.75) is 19.3 Å². The topological polar surface area (TPSA) is 61.7 Å². The quantitative estimate of drug-likeness (QED) is 0.145. The molecule has 1 heterocycles. The first-order valence-electron chi connectivity index (χ1n) is 18.3. The number of furan rings is 1. The number of nitrogens with one attached hydrogen (secondary N) is 1. The van der Waals surface area contributed by atoms with Crippen LogP contribution in [0.15, 0.2) is 178 Å². The monoisotopic (exact) mass is 693 g/mol. The predicted octanol–water partition coefficient (Wildman–Crippen LogP) is 12.8. The number of rotatable bonds is 4. The van der Waals surface area contributed by atoms with Crippen molar-refractivity contribution in [2.24, 2.45) is 9.98 Å². The lowest BCUT2D eigenvalue weighted by molar-refractivity contribution is 0.660. The molecule has 1 N–H and O–H groups in total. The van der Waals surface area contributed by atoms with Crippen LogP contribution in [-0.4, -0.2) is 17.9 Å². The maximum absolute atomic E-state index is 8.96. The summed E-state index contributed by atoms with van der Waals surface area (Å²) in [5, 5.41) is 15.5. The number of hydrogen-bond acceptors (Lipinski definition) is 2. The molecule has 0 spiro atoms. The number of nitrogens with zero attached hydrogens (tertiary/aromatic N) is 2. The zero-order valence-electron chi connectivity index (χ0n) is 30.0. The summed E-state index contributed by atoms with van der Waals surface area (Å²) in [4.78, 5) is 9.73. The van der Waals surface area contributed by atoms with Crippen LogP contribution in [0.25, 0.3) is 65.7 Å². The molecular weight excluding hydrogens is 659 g/mol. The predicted molar refractivity (Wildman–Crippen MR) is 226 cm³/mol. The van der Waals surface area contributed by atoms with Gasteiger partial charge in [0.1, 0.15) is 11.2 Å². The third kappa shape index (κ3) is 5.18. The Morgan fingerprint density at radius 3 is 2.13 bits per heavy atom. The highest BCUT2D eigenvalue weighted by Crippen LogP contribution is 2.49. The molecule has 8 aromatic carbocycles. The van der Waals surface area contributed by atoms with E-state index in [0.717, 1.165) is 65.7 Å². The molecule has 0 unspecified atom stereocenters. The lowest BCUT2D eigenvalue weighted by Crippen LogP contribution is -2.14. The van der Waals surface area contributed by atoms with E-state index in [9.17, 15) is 0 Å². The Bertz CT molecular complexity index is 3040. The second kappa shape index (κ2) is 12.4. The first kappa shape index (κ1) is 31.8. The third-order valence-corrected chi connectivity index (χ3v) is 11.0. The van der Waals surface area contributed by atoms with Gasteiger partial charge in [-0.3, -0.25) is 5.41 Å². The first-order chi connectivity index (χ1) is 26.4. The van der Waals surface area contributed by atoms with Crippen LogP contribution in [0.5, 0.6) is 0 Å². The van der Waals surface area contributed by atoms with E-state index in [-0.39, 0.29) is 11.3 Å². The lowest BCUT2D eigenvalue weighted by Gasteiger charge is -2.21. The Labute approximate surface area is 313 Å². The van der Waals surface area contributed by atoms with Crippen molar-refractivity contribution >= 4 is 61.4 Å². The summed E-state index contributed by atoms with van der Waals surface area (Å²) >= 11 is 0. The van der Waals surface area contributed by atoms with Crippen LogP contribution in [-0.2, 0) is 5.41 Å². The molecule has 0 atom stereocenters. The van der Waals surface area contributed by atoms with Gasteiger partial charge in [-0.15, -0.1) is 0 Å². The molecule has 54 heavy (non-hydrogen) atoms. The van der Waals surface area contributed by atoms with Gasteiger partial charge in [-0.05, 0) is 85.3 Å². The first-order valence-corrected chi connectivity index (χ1v) is 18.3. The second-order valence-electron chi connectivity index (χ2n) is 14.6. The molecule has 0 fully saturated rings. The summed E-state index contributed by atoms with van der Waals surface area (Å²) in [6.07, 6.45) is 1.85. The van der Waals surface area contributed by atoms with Gasteiger partial charge in [0.25, 0.3) is 0 Å². The zero-order valence-corrected chi connectivity index (χ0v) is 30.0. The van der Waals surface area contributed by atoms with Crippen LogP contribution in [0.1, 0.15) is 41.7 Å². The highest BCUT2D eigenvalue weighted by molar-refractivity contribution is 6.23. The van der Waals surface area contributed by atoms with E-state index in [4.69, 9.17) is 19.8 Å². The van der Waals surface area contributed by atoms with E-state index in [0.29, 0.717) is 5.84 Å². The number of fused-ring (bicyclic) bond motifs is 9. The van der Waals surface area contributed by atoms with Gasteiger partial charge in [0.2, 0.25) is 0 Å². The van der Waals surface area contributed by atoms with E-state index < -0.39 is 0 Å². The van der Waals surface area contributed by atoms with Crippen LogP contribution in [0, 0.1) is 5.41 Å². The molecule has 4 nitrogen and oxygen atoms in total. The summed E-state index contributed by atoms with van der Waals surface area (Å²) in [6, 6.07) is 56.7. The number of hydrogen-bond donors (Lipinski definition) is 1. The average Bonchev–Trinajstić information content (AvgIpc) is 3.70. The van der Waals surface area contributed by atoms with Gasteiger partial charge >= 0.3 is 0 Å². The molecule has 1 aliphatic carbocycles. The van der Waals surface area contributed by atoms with Gasteiger partial charge in [-0.2, -0.15) is 0 Å². The van der Waals surface area contributed by atoms with Crippen LogP contribution in [0.2, 0.25) is 0 Å². The van der Waals surface area contributed by atoms with Gasteiger partial charge in [0, 0.05) is 39.1 Å². The molecule has 256 valence electrons. The fourth-order valence-corrected chi connectivity index (χ4v) is 8.25. The summed E-state index contributed by atoms with van der Waals surface area (Å²) in [6.45, 7) is 4.63. The number of benzene rings is 8. The molecule has 0 saturated heterocycles. The summed E-state index contributed by atoms with van der Waals surface area (Å²) in [5.41, 5.74) is 11.8. The van der Waals surface area contributed by atoms with Crippen molar-refractivity contribution in [1.29, 1.82) is 5.41 Å². The molecule has 0 amide bonds. The molecular formula is C50H35N3O. The normalized spacial score (nSPS) is 13.6. The highest BCUT2D eigenvalue weighted by Gasteiger charge is 2.35. The fraction of sp³-hybridized carbons (Fsp3) is 0.0600. The molecule has 0 aliphatic heterocycles. The minimum atomic E-state index is -0.0260. The SMILES string of the molecule is CC1(C)c2ccccc2-c2cc(-c3ccc4oc5cc(C=NC(=NC(=N)c6ccc7ccccc7c6)c6ccccc6)c6ccccc6c5c4c3)ccc21. The van der Waals surface area contributed by atoms with Gasteiger partial charge in [-0.1, -0.05) is 147 Å². The standard InChI is InChI=1S/C50H35N3O/c1-50(2)43-19-11-10-17-39(43)41-27-34(22-24-44(41)50)35-23-25-45-42(28-35)47-40-18-9-8-16-38(40)37(29-46(47)54-45)30-52-49(32-13-4-3-5-14-32)53-48(51)36-21-20-31-12-6-7-15-33(31)26-36/h3-30,51H,1-2H3. The summed E-state index contributed by atoms with van der Waals surface area (Å²) in [5.74, 6) is 0.619. The Balaban J connectivity index is 1.06. The maximum Gasteiger partial charge on any atom is 0.161 e. The average molecular weight is 694 g/mol. The van der Waals surface area contributed by atoms with Crippen molar-refractivity contribution < 1.29 is 4.42 Å². The molecule has 1 aromatic heterocycles. The van der Waals surface area contributed by atoms with Crippen LogP contribution < -0.4 is 0 Å². The molecule has 4 heteroatoms. The highest BCUT2D eigenvalue weighted by atomic mass is 16.3. The third-order valence-electron chi connectivity index (χ3n) is 11.0. The zero-order chi connectivity index (χ0) is 36.4. The molecule has 0 radical (unpaired) electrons. The minimum Gasteiger partial charge on any atom is -0.456 e. The van der Waals surface area contributed by atoms with Gasteiger partial charge in [0.05, 0.1) is 0 Å². The molecule has 0 saturated carbocycles. The van der Waals surface area contributed by atoms with Crippen molar-refractivity contribution in [1.82, 2.24) is 0 Å². The molecule has 0 bridgehead atoms. The fourth-order valence-electron chi connectivity index (χ4n) is 8.25. The Hall–Kier alpha value is -6.91. The minimum absolute atomic E-state index is 0.0260. The van der Waals surface area contributed by atoms with E-state index in [1.165, 1.54) is 27.8 Å². The van der Waals surface area contributed by atoms with Crippen LogP contribution >= 0.6 is 0 Å². The van der Waals surface area contributed by atoms with Crippen molar-refractivity contribution in [3.05, 3.63) is 192 Å². The summed E-state index contributed by atoms with van der Waals surface area (Å²) in [7, 11) is 0. The van der Waals surface area contributed by atoms with Crippen molar-refractivity contribution in [2.75, 3.05) is 0 Å². The Kier molecular flexibility index (Phi) is 7.27. The smallest absolute Gasteiger partial charge is 0.161 e. The van der Waals surface area contributed by atoms with Gasteiger partial charge in [0.15, 0.2) is 11.7 Å². The van der Waals surface area contributed by atoms with E-state index in [1.54, 1.807) is 0 Å². The Morgan fingerprint density at radius 1 is 0.556 bits per heavy atom. The van der Waals surface area contributed by atoms with Crippen LogP contribution in [0.4, 0.5) is 0 Å². The van der Waals surface area contributed by atoms with E-state index in [2.05, 4.69) is 117 Å². The van der Waals surface area contributed by atoms with E-state index in [1.807, 2.05) is 66.9 Å². The number of aliphatic imine (C=N–C) groups is 2. The van der Waals surface area contributed by atoms with Crippen molar-refractivity contribution in [3.63, 3.8) is 0 Å². The van der Waals surface area contributed by atoms with Gasteiger partial charge < -0.3 is 4.42 Å². The number of amidine groups is 2. The second-order valence-corrected chi connectivity index (χ2v) is 14.6. The lowest BCUT2D eigenvalue weighted by atomic mass is 9.82. The van der Waals surface area contributed by atoms with E-state index >= 15 is 0 Å². The summed E-state index contributed by atoms with van der Waals surface area (Å²) < 4.78 is 6.56. The van der Waals surface area contributed by atoms with Gasteiger partial charge in [-0.25, -0.2) is 9.98 Å². The maximum atomic E-state index is 8.96. The molecule has 9 aromatic rings. The molecule has 10 rings (SSSR count). The van der Waals surface area contributed by atoms with Crippen molar-refractivity contribution in [3.8, 4) is 22.3 Å². The van der Waals surface area contributed by atoms with Crippen LogP contribution in [0.3, 0.4) is 0 Å². The molecule has 1 aliphatic rings.